The Hall–Kier alpha value is -0.770. The van der Waals surface area contributed by atoms with Gasteiger partial charge in [0.2, 0.25) is 0 Å². The van der Waals surface area contributed by atoms with Gasteiger partial charge in [-0.3, -0.25) is 0 Å². The van der Waals surface area contributed by atoms with Gasteiger partial charge in [0.25, 0.3) is 0 Å². The van der Waals surface area contributed by atoms with Crippen LogP contribution in [0, 0.1) is 0 Å². The van der Waals surface area contributed by atoms with Crippen LogP contribution in [-0.4, -0.2) is 31.0 Å². The van der Waals surface area contributed by atoms with E-state index in [1.165, 1.54) is 0 Å². The molecule has 1 aliphatic rings. The zero-order chi connectivity index (χ0) is 12.5. The van der Waals surface area contributed by atoms with E-state index >= 15 is 0 Å². The lowest BCUT2D eigenvalue weighted by Gasteiger charge is -2.28. The summed E-state index contributed by atoms with van der Waals surface area (Å²) < 4.78 is 10.7. The monoisotopic (exact) mass is 256 g/mol. The maximum absolute atomic E-state index is 9.31. The highest BCUT2D eigenvalue weighted by atomic mass is 35.5. The lowest BCUT2D eigenvalue weighted by Crippen LogP contribution is -2.38. The molecular weight excluding hydrogens is 240 g/mol. The fourth-order valence-electron chi connectivity index (χ4n) is 1.57. The highest BCUT2D eigenvalue weighted by Gasteiger charge is 2.23. The number of ether oxygens (including phenoxy) is 2. The molecule has 1 aromatic rings. The van der Waals surface area contributed by atoms with Gasteiger partial charge in [0.05, 0.1) is 24.8 Å². The molecule has 3 nitrogen and oxygen atoms in total. The van der Waals surface area contributed by atoms with Gasteiger partial charge in [-0.05, 0) is 17.7 Å². The molecule has 1 aliphatic heterocycles. The number of hydrogen-bond acceptors (Lipinski definition) is 3. The molecule has 0 spiro atoms. The van der Waals surface area contributed by atoms with Crippen LogP contribution in [0.5, 0.6) is 5.75 Å². The van der Waals surface area contributed by atoms with Gasteiger partial charge in [-0.15, -0.1) is 0 Å². The SMILES string of the molecule is CC(C)(CO)c1ccc(OC2COC2)c(Cl)c1. The van der Waals surface area contributed by atoms with Crippen molar-refractivity contribution in [3.8, 4) is 5.75 Å². The Kier molecular flexibility index (Phi) is 3.61. The Balaban J connectivity index is 2.16. The Labute approximate surface area is 106 Å². The molecular formula is C13H17ClO3. The maximum atomic E-state index is 9.31. The van der Waals surface area contributed by atoms with Crippen LogP contribution in [0.4, 0.5) is 0 Å². The van der Waals surface area contributed by atoms with Crippen LogP contribution in [-0.2, 0) is 10.2 Å². The molecule has 4 heteroatoms. The van der Waals surface area contributed by atoms with Crippen molar-refractivity contribution in [2.75, 3.05) is 19.8 Å². The van der Waals surface area contributed by atoms with Gasteiger partial charge >= 0.3 is 0 Å². The molecule has 94 valence electrons. The summed E-state index contributed by atoms with van der Waals surface area (Å²) in [5, 5.41) is 9.89. The van der Waals surface area contributed by atoms with E-state index in [4.69, 9.17) is 21.1 Å². The van der Waals surface area contributed by atoms with Crippen molar-refractivity contribution < 1.29 is 14.6 Å². The number of aliphatic hydroxyl groups excluding tert-OH is 1. The Bertz CT molecular complexity index is 400. The summed E-state index contributed by atoms with van der Waals surface area (Å²) in [6, 6.07) is 5.65. The molecule has 1 aromatic carbocycles. The second-order valence-corrected chi connectivity index (χ2v) is 5.37. The summed E-state index contributed by atoms with van der Waals surface area (Å²) in [7, 11) is 0. The summed E-state index contributed by atoms with van der Waals surface area (Å²) in [5.74, 6) is 0.678. The number of benzene rings is 1. The van der Waals surface area contributed by atoms with Crippen molar-refractivity contribution in [3.05, 3.63) is 28.8 Å². The predicted octanol–water partition coefficient (Wildman–Crippen LogP) is 2.39. The number of halogens is 1. The van der Waals surface area contributed by atoms with Crippen molar-refractivity contribution in [2.24, 2.45) is 0 Å². The molecule has 1 heterocycles. The van der Waals surface area contributed by atoms with E-state index in [1.54, 1.807) is 0 Å². The molecule has 1 fully saturated rings. The van der Waals surface area contributed by atoms with Crippen molar-refractivity contribution in [1.29, 1.82) is 0 Å². The van der Waals surface area contributed by atoms with Crippen LogP contribution in [0.15, 0.2) is 18.2 Å². The molecule has 1 N–H and O–H groups in total. The van der Waals surface area contributed by atoms with Gasteiger partial charge in [0.1, 0.15) is 11.9 Å². The van der Waals surface area contributed by atoms with Crippen LogP contribution >= 0.6 is 11.6 Å². The molecule has 0 atom stereocenters. The molecule has 0 amide bonds. The Morgan fingerprint density at radius 2 is 2.18 bits per heavy atom. The maximum Gasteiger partial charge on any atom is 0.145 e. The molecule has 17 heavy (non-hydrogen) atoms. The lowest BCUT2D eigenvalue weighted by molar-refractivity contribution is -0.0796. The van der Waals surface area contributed by atoms with Gasteiger partial charge < -0.3 is 14.6 Å². The summed E-state index contributed by atoms with van der Waals surface area (Å²) in [4.78, 5) is 0. The van der Waals surface area contributed by atoms with E-state index in [0.717, 1.165) is 5.56 Å². The normalized spacial score (nSPS) is 16.7. The van der Waals surface area contributed by atoms with Crippen molar-refractivity contribution in [2.45, 2.75) is 25.4 Å². The molecule has 0 bridgehead atoms. The third kappa shape index (κ3) is 2.73. The number of hydrogen-bond donors (Lipinski definition) is 1. The molecule has 0 radical (unpaired) electrons. The van der Waals surface area contributed by atoms with E-state index in [2.05, 4.69) is 0 Å². The van der Waals surface area contributed by atoms with Crippen LogP contribution in [0.25, 0.3) is 0 Å². The fourth-order valence-corrected chi connectivity index (χ4v) is 1.80. The van der Waals surface area contributed by atoms with E-state index in [1.807, 2.05) is 32.0 Å². The smallest absolute Gasteiger partial charge is 0.145 e. The third-order valence-corrected chi connectivity index (χ3v) is 3.31. The second kappa shape index (κ2) is 4.84. The fraction of sp³-hybridized carbons (Fsp3) is 0.538. The molecule has 0 aliphatic carbocycles. The first-order valence-electron chi connectivity index (χ1n) is 5.68. The highest BCUT2D eigenvalue weighted by Crippen LogP contribution is 2.32. The summed E-state index contributed by atoms with van der Waals surface area (Å²) in [5.41, 5.74) is 0.712. The molecule has 0 aromatic heterocycles. The van der Waals surface area contributed by atoms with Crippen LogP contribution in [0.2, 0.25) is 5.02 Å². The van der Waals surface area contributed by atoms with E-state index < -0.39 is 0 Å². The minimum atomic E-state index is -0.290. The first kappa shape index (κ1) is 12.7. The summed E-state index contributed by atoms with van der Waals surface area (Å²) in [6.45, 7) is 5.28. The summed E-state index contributed by atoms with van der Waals surface area (Å²) in [6.07, 6.45) is 0.115. The van der Waals surface area contributed by atoms with Crippen molar-refractivity contribution in [1.82, 2.24) is 0 Å². The van der Waals surface area contributed by atoms with Gasteiger partial charge in [-0.1, -0.05) is 31.5 Å². The van der Waals surface area contributed by atoms with Gasteiger partial charge in [0.15, 0.2) is 0 Å². The van der Waals surface area contributed by atoms with Gasteiger partial charge in [0, 0.05) is 5.41 Å². The third-order valence-electron chi connectivity index (χ3n) is 3.01. The van der Waals surface area contributed by atoms with E-state index in [9.17, 15) is 5.11 Å². The number of aliphatic hydroxyl groups is 1. The summed E-state index contributed by atoms with van der Waals surface area (Å²) >= 11 is 6.17. The highest BCUT2D eigenvalue weighted by molar-refractivity contribution is 6.32. The molecule has 0 unspecified atom stereocenters. The minimum Gasteiger partial charge on any atom is -0.484 e. The van der Waals surface area contributed by atoms with Crippen LogP contribution in [0.1, 0.15) is 19.4 Å². The quantitative estimate of drug-likeness (QED) is 0.899. The van der Waals surface area contributed by atoms with Crippen LogP contribution < -0.4 is 4.74 Å². The number of rotatable bonds is 4. The van der Waals surface area contributed by atoms with Crippen LogP contribution in [0.3, 0.4) is 0 Å². The average Bonchev–Trinajstić information content (AvgIpc) is 2.25. The zero-order valence-corrected chi connectivity index (χ0v) is 10.8. The largest absolute Gasteiger partial charge is 0.484 e. The first-order chi connectivity index (χ1) is 8.03. The van der Waals surface area contributed by atoms with Crippen molar-refractivity contribution in [3.63, 3.8) is 0 Å². The Morgan fingerprint density at radius 1 is 1.47 bits per heavy atom. The van der Waals surface area contributed by atoms with E-state index in [0.29, 0.717) is 24.0 Å². The van der Waals surface area contributed by atoms with Gasteiger partial charge in [-0.2, -0.15) is 0 Å². The average molecular weight is 257 g/mol. The standard InChI is InChI=1S/C13H17ClO3/c1-13(2,8-15)9-3-4-12(11(14)5-9)17-10-6-16-7-10/h3-5,10,15H,6-8H2,1-2H3. The molecule has 0 saturated carbocycles. The Morgan fingerprint density at radius 3 is 2.65 bits per heavy atom. The van der Waals surface area contributed by atoms with Crippen molar-refractivity contribution >= 4 is 11.6 Å². The molecule has 2 rings (SSSR count). The second-order valence-electron chi connectivity index (χ2n) is 4.96. The minimum absolute atomic E-state index is 0.0833. The predicted molar refractivity (Wildman–Crippen MR) is 66.8 cm³/mol. The lowest BCUT2D eigenvalue weighted by atomic mass is 9.86. The molecule has 1 saturated heterocycles. The topological polar surface area (TPSA) is 38.7 Å². The zero-order valence-electron chi connectivity index (χ0n) is 10.1. The van der Waals surface area contributed by atoms with E-state index in [-0.39, 0.29) is 18.1 Å². The van der Waals surface area contributed by atoms with Gasteiger partial charge in [-0.25, -0.2) is 0 Å². The first-order valence-corrected chi connectivity index (χ1v) is 6.06.